The van der Waals surface area contributed by atoms with Crippen molar-refractivity contribution in [3.8, 4) is 0 Å². The van der Waals surface area contributed by atoms with E-state index in [-0.39, 0.29) is 5.91 Å². The van der Waals surface area contributed by atoms with Gasteiger partial charge >= 0.3 is 0 Å². The molecule has 2 aromatic rings. The third-order valence-electron chi connectivity index (χ3n) is 3.70. The van der Waals surface area contributed by atoms with Crippen molar-refractivity contribution in [1.82, 2.24) is 0 Å². The van der Waals surface area contributed by atoms with Gasteiger partial charge in [0, 0.05) is 22.8 Å². The molecule has 2 nitrogen and oxygen atoms in total. The van der Waals surface area contributed by atoms with E-state index in [1.165, 1.54) is 0 Å². The summed E-state index contributed by atoms with van der Waals surface area (Å²) in [4.78, 5) is 13.4. The van der Waals surface area contributed by atoms with Crippen molar-refractivity contribution < 1.29 is 4.79 Å². The van der Waals surface area contributed by atoms with Crippen LogP contribution in [0.15, 0.2) is 36.4 Å². The summed E-state index contributed by atoms with van der Waals surface area (Å²) in [6.45, 7) is 0. The van der Waals surface area contributed by atoms with Crippen LogP contribution < -0.4 is 4.90 Å². The highest BCUT2D eigenvalue weighted by molar-refractivity contribution is 6.35. The second-order valence-electron chi connectivity index (χ2n) is 5.05. The highest BCUT2D eigenvalue weighted by atomic mass is 35.5. The number of fused-ring (bicyclic) bond motifs is 1. The Bertz CT molecular complexity index is 729. The molecule has 1 unspecified atom stereocenters. The molecule has 1 aliphatic rings. The lowest BCUT2D eigenvalue weighted by atomic mass is 10.0. The number of anilines is 1. The molecule has 21 heavy (non-hydrogen) atoms. The highest BCUT2D eigenvalue weighted by Crippen LogP contribution is 2.38. The molecule has 0 N–H and O–H groups in total. The van der Waals surface area contributed by atoms with Crippen molar-refractivity contribution in [1.29, 1.82) is 0 Å². The summed E-state index contributed by atoms with van der Waals surface area (Å²) in [7, 11) is 1.78. The van der Waals surface area contributed by atoms with Gasteiger partial charge in [-0.15, -0.1) is 11.6 Å². The SMILES string of the molecule is CN1C(=O)Cc2cc(C(Cl)c3cc(Cl)ccc3Cl)ccc21. The van der Waals surface area contributed by atoms with Crippen molar-refractivity contribution >= 4 is 46.4 Å². The number of rotatable bonds is 2. The van der Waals surface area contributed by atoms with E-state index in [1.807, 2.05) is 18.2 Å². The molecule has 5 heteroatoms. The monoisotopic (exact) mass is 339 g/mol. The van der Waals surface area contributed by atoms with Crippen molar-refractivity contribution in [2.75, 3.05) is 11.9 Å². The zero-order valence-electron chi connectivity index (χ0n) is 11.2. The van der Waals surface area contributed by atoms with Gasteiger partial charge in [-0.05, 0) is 41.0 Å². The van der Waals surface area contributed by atoms with Gasteiger partial charge in [0.15, 0.2) is 0 Å². The van der Waals surface area contributed by atoms with Gasteiger partial charge in [0.05, 0.1) is 11.8 Å². The molecular formula is C16H12Cl3NO. The van der Waals surface area contributed by atoms with E-state index in [2.05, 4.69) is 0 Å². The number of carbonyl (C=O) groups is 1. The van der Waals surface area contributed by atoms with E-state index in [0.717, 1.165) is 22.4 Å². The summed E-state index contributed by atoms with van der Waals surface area (Å²) >= 11 is 18.8. The van der Waals surface area contributed by atoms with Crippen LogP contribution in [0, 0.1) is 0 Å². The van der Waals surface area contributed by atoms with Crippen LogP contribution in [-0.2, 0) is 11.2 Å². The smallest absolute Gasteiger partial charge is 0.231 e. The van der Waals surface area contributed by atoms with Gasteiger partial charge in [0.1, 0.15) is 0 Å². The first-order valence-electron chi connectivity index (χ1n) is 6.46. The number of benzene rings is 2. The zero-order valence-corrected chi connectivity index (χ0v) is 13.5. The first kappa shape index (κ1) is 14.7. The van der Waals surface area contributed by atoms with E-state index in [0.29, 0.717) is 16.5 Å². The van der Waals surface area contributed by atoms with Crippen molar-refractivity contribution in [3.05, 3.63) is 63.1 Å². The van der Waals surface area contributed by atoms with Crippen LogP contribution >= 0.6 is 34.8 Å². The van der Waals surface area contributed by atoms with E-state index in [1.54, 1.807) is 30.1 Å². The van der Waals surface area contributed by atoms with Gasteiger partial charge in [-0.2, -0.15) is 0 Å². The van der Waals surface area contributed by atoms with E-state index < -0.39 is 5.38 Å². The molecule has 1 atom stereocenters. The van der Waals surface area contributed by atoms with Gasteiger partial charge < -0.3 is 4.90 Å². The van der Waals surface area contributed by atoms with E-state index in [4.69, 9.17) is 34.8 Å². The fourth-order valence-corrected chi connectivity index (χ4v) is 3.32. The molecule has 108 valence electrons. The molecule has 0 fully saturated rings. The van der Waals surface area contributed by atoms with Crippen molar-refractivity contribution in [3.63, 3.8) is 0 Å². The summed E-state index contributed by atoms with van der Waals surface area (Å²) in [6, 6.07) is 11.0. The second kappa shape index (κ2) is 5.53. The minimum absolute atomic E-state index is 0.0917. The maximum atomic E-state index is 11.7. The molecule has 1 aliphatic heterocycles. The molecule has 0 saturated carbocycles. The standard InChI is InChI=1S/C16H12Cl3NO/c1-20-14-5-2-9(6-10(14)7-15(20)21)16(19)12-8-11(17)3-4-13(12)18/h2-6,8,16H,7H2,1H3. The number of hydrogen-bond acceptors (Lipinski definition) is 1. The van der Waals surface area contributed by atoms with Gasteiger partial charge in [-0.1, -0.05) is 35.3 Å². The van der Waals surface area contributed by atoms with Crippen molar-refractivity contribution in [2.24, 2.45) is 0 Å². The average molecular weight is 341 g/mol. The van der Waals surface area contributed by atoms with E-state index >= 15 is 0 Å². The first-order valence-corrected chi connectivity index (χ1v) is 7.65. The normalized spacial score (nSPS) is 15.2. The minimum Gasteiger partial charge on any atom is -0.315 e. The number of amides is 1. The highest BCUT2D eigenvalue weighted by Gasteiger charge is 2.25. The summed E-state index contributed by atoms with van der Waals surface area (Å²) in [6.07, 6.45) is 0.409. The summed E-state index contributed by atoms with van der Waals surface area (Å²) in [5.41, 5.74) is 3.60. The molecule has 0 aliphatic carbocycles. The van der Waals surface area contributed by atoms with Gasteiger partial charge in [0.2, 0.25) is 5.91 Å². The first-order chi connectivity index (χ1) is 9.97. The molecule has 1 heterocycles. The van der Waals surface area contributed by atoms with Gasteiger partial charge in [0.25, 0.3) is 0 Å². The molecule has 1 amide bonds. The van der Waals surface area contributed by atoms with E-state index in [9.17, 15) is 4.79 Å². The predicted octanol–water partition coefficient (Wildman–Crippen LogP) is 4.84. The number of halogens is 3. The number of nitrogens with zero attached hydrogens (tertiary/aromatic N) is 1. The second-order valence-corrected chi connectivity index (χ2v) is 6.33. The lowest BCUT2D eigenvalue weighted by Crippen LogP contribution is -2.20. The number of likely N-dealkylation sites (N-methyl/N-ethyl adjacent to an activating group) is 1. The Morgan fingerprint density at radius 1 is 1.14 bits per heavy atom. The number of alkyl halides is 1. The van der Waals surface area contributed by atoms with Crippen LogP contribution in [-0.4, -0.2) is 13.0 Å². The van der Waals surface area contributed by atoms with Crippen LogP contribution in [0.25, 0.3) is 0 Å². The maximum absolute atomic E-state index is 11.7. The lowest BCUT2D eigenvalue weighted by molar-refractivity contribution is -0.117. The molecular weight excluding hydrogens is 329 g/mol. The maximum Gasteiger partial charge on any atom is 0.231 e. The van der Waals surface area contributed by atoms with Crippen LogP contribution in [0.1, 0.15) is 22.1 Å². The molecule has 0 aromatic heterocycles. The largest absolute Gasteiger partial charge is 0.315 e. The van der Waals surface area contributed by atoms with Crippen LogP contribution in [0.5, 0.6) is 0 Å². The number of hydrogen-bond donors (Lipinski definition) is 0. The fourth-order valence-electron chi connectivity index (χ4n) is 2.54. The van der Waals surface area contributed by atoms with Crippen LogP contribution in [0.3, 0.4) is 0 Å². The summed E-state index contributed by atoms with van der Waals surface area (Å²) in [5, 5.41) is 0.770. The Kier molecular flexibility index (Phi) is 3.87. The van der Waals surface area contributed by atoms with Crippen molar-refractivity contribution in [2.45, 2.75) is 11.8 Å². The Morgan fingerprint density at radius 3 is 2.67 bits per heavy atom. The van der Waals surface area contributed by atoms with Crippen LogP contribution in [0.4, 0.5) is 5.69 Å². The Hall–Kier alpha value is -1.22. The molecule has 0 spiro atoms. The van der Waals surface area contributed by atoms with Crippen LogP contribution in [0.2, 0.25) is 10.0 Å². The third-order valence-corrected chi connectivity index (χ3v) is 4.77. The zero-order chi connectivity index (χ0) is 15.1. The van der Waals surface area contributed by atoms with Gasteiger partial charge in [-0.3, -0.25) is 4.79 Å². The molecule has 3 rings (SSSR count). The minimum atomic E-state index is -0.400. The molecule has 0 saturated heterocycles. The Morgan fingerprint density at radius 2 is 1.90 bits per heavy atom. The topological polar surface area (TPSA) is 20.3 Å². The number of carbonyl (C=O) groups excluding carboxylic acids is 1. The summed E-state index contributed by atoms with van der Waals surface area (Å²) in [5.74, 6) is 0.0917. The summed E-state index contributed by atoms with van der Waals surface area (Å²) < 4.78 is 0. The average Bonchev–Trinajstić information content (AvgIpc) is 2.75. The fraction of sp³-hybridized carbons (Fsp3) is 0.188. The van der Waals surface area contributed by atoms with Gasteiger partial charge in [-0.25, -0.2) is 0 Å². The molecule has 0 radical (unpaired) electrons. The lowest BCUT2D eigenvalue weighted by Gasteiger charge is -2.15. The molecule has 2 aromatic carbocycles. The Balaban J connectivity index is 2.00. The molecule has 0 bridgehead atoms. The predicted molar refractivity (Wildman–Crippen MR) is 87.7 cm³/mol. The quantitative estimate of drug-likeness (QED) is 0.716. The third kappa shape index (κ3) is 2.64. The Labute approximate surface area is 138 Å².